The van der Waals surface area contributed by atoms with Gasteiger partial charge in [-0.1, -0.05) is 41.1 Å². The summed E-state index contributed by atoms with van der Waals surface area (Å²) < 4.78 is 29.5. The number of halogens is 1. The Morgan fingerprint density at radius 2 is 1.94 bits per heavy atom. The van der Waals surface area contributed by atoms with E-state index in [2.05, 4.69) is 32.5 Å². The average Bonchev–Trinajstić information content (AvgIpc) is 3.47. The van der Waals surface area contributed by atoms with E-state index in [1.54, 1.807) is 27.6 Å². The van der Waals surface area contributed by atoms with Crippen molar-refractivity contribution in [2.75, 3.05) is 30.8 Å². The lowest BCUT2D eigenvalue weighted by atomic mass is 9.97. The summed E-state index contributed by atoms with van der Waals surface area (Å²) in [5, 5.41) is 4.80. The van der Waals surface area contributed by atoms with Crippen molar-refractivity contribution in [1.29, 1.82) is 0 Å². The molecule has 2 aliphatic heterocycles. The van der Waals surface area contributed by atoms with Crippen LogP contribution in [0, 0.1) is 5.92 Å². The number of carbonyl (C=O) groups is 1. The molecule has 2 fully saturated rings. The molecule has 5 rings (SSSR count). The molecule has 1 aromatic carbocycles. The van der Waals surface area contributed by atoms with E-state index in [9.17, 15) is 13.2 Å². The van der Waals surface area contributed by atoms with E-state index < -0.39 is 16.1 Å². The summed E-state index contributed by atoms with van der Waals surface area (Å²) in [6, 6.07) is 9.89. The summed E-state index contributed by atoms with van der Waals surface area (Å²) in [4.78, 5) is 22.8. The minimum atomic E-state index is -3.64. The molecule has 0 bridgehead atoms. The van der Waals surface area contributed by atoms with Crippen LogP contribution in [0.2, 0.25) is 0 Å². The molecule has 0 radical (unpaired) electrons. The Morgan fingerprint density at radius 1 is 1.14 bits per heavy atom. The molecule has 3 atom stereocenters. The van der Waals surface area contributed by atoms with Crippen molar-refractivity contribution in [2.45, 2.75) is 44.7 Å². The molecule has 9 nitrogen and oxygen atoms in total. The molecule has 3 aromatic rings. The molecule has 0 saturated carbocycles. The van der Waals surface area contributed by atoms with E-state index in [0.717, 1.165) is 62.2 Å². The highest BCUT2D eigenvalue weighted by Gasteiger charge is 2.36. The van der Waals surface area contributed by atoms with Gasteiger partial charge in [-0.15, -0.1) is 5.10 Å². The van der Waals surface area contributed by atoms with Crippen LogP contribution in [-0.4, -0.2) is 59.7 Å². The Morgan fingerprint density at radius 3 is 2.67 bits per heavy atom. The Balaban J connectivity index is 1.46. The van der Waals surface area contributed by atoms with Gasteiger partial charge in [0.15, 0.2) is 5.65 Å². The molecule has 1 amide bonds. The quantitative estimate of drug-likeness (QED) is 0.482. The Kier molecular flexibility index (Phi) is 7.06. The van der Waals surface area contributed by atoms with Crippen molar-refractivity contribution >= 4 is 43.3 Å². The number of piperidine rings is 1. The zero-order valence-electron chi connectivity index (χ0n) is 20.5. The monoisotopic (exact) mass is 574 g/mol. The van der Waals surface area contributed by atoms with E-state index in [4.69, 9.17) is 10.1 Å². The number of likely N-dealkylation sites (tertiary alicyclic amines) is 1. The maximum atomic E-state index is 13.9. The van der Waals surface area contributed by atoms with Crippen LogP contribution >= 0.6 is 15.9 Å². The van der Waals surface area contributed by atoms with Gasteiger partial charge in [0.25, 0.3) is 0 Å². The van der Waals surface area contributed by atoms with Crippen molar-refractivity contribution in [3.8, 4) is 0 Å². The van der Waals surface area contributed by atoms with Gasteiger partial charge in [-0.2, -0.15) is 4.72 Å². The number of aromatic nitrogens is 3. The first-order valence-electron chi connectivity index (χ1n) is 12.3. The van der Waals surface area contributed by atoms with Gasteiger partial charge in [0.2, 0.25) is 15.9 Å². The van der Waals surface area contributed by atoms with Crippen LogP contribution in [0.3, 0.4) is 0 Å². The smallest absolute Gasteiger partial charge is 0.245 e. The first kappa shape index (κ1) is 25.2. The first-order chi connectivity index (χ1) is 17.2. The molecule has 2 saturated heterocycles. The van der Waals surface area contributed by atoms with Gasteiger partial charge in [-0.25, -0.2) is 17.9 Å². The summed E-state index contributed by atoms with van der Waals surface area (Å²) in [5.41, 5.74) is 2.08. The maximum Gasteiger partial charge on any atom is 0.245 e. The van der Waals surface area contributed by atoms with Gasteiger partial charge in [0.05, 0.1) is 24.2 Å². The van der Waals surface area contributed by atoms with Crippen LogP contribution < -0.4 is 9.62 Å². The van der Waals surface area contributed by atoms with E-state index in [0.29, 0.717) is 22.5 Å². The number of amides is 1. The lowest BCUT2D eigenvalue weighted by Gasteiger charge is -2.37. The third-order valence-corrected chi connectivity index (χ3v) is 8.38. The fraction of sp³-hybridized carbons (Fsp3) is 0.480. The summed E-state index contributed by atoms with van der Waals surface area (Å²) in [6.45, 7) is 4.78. The average molecular weight is 576 g/mol. The number of fused-ring (bicyclic) bond motifs is 1. The molecule has 4 heterocycles. The number of nitrogens with zero attached hydrogens (tertiary/aromatic N) is 5. The number of anilines is 1. The van der Waals surface area contributed by atoms with Crippen molar-refractivity contribution in [3.63, 3.8) is 0 Å². The molecular weight excluding hydrogens is 544 g/mol. The Labute approximate surface area is 220 Å². The summed E-state index contributed by atoms with van der Waals surface area (Å²) in [5.74, 6) is 1.30. The molecule has 11 heteroatoms. The van der Waals surface area contributed by atoms with E-state index in [-0.39, 0.29) is 11.9 Å². The second-order valence-electron chi connectivity index (χ2n) is 9.89. The number of benzene rings is 1. The number of hydrogen-bond donors (Lipinski definition) is 1. The number of carbonyl (C=O) groups excluding carboxylic acids is 1. The van der Waals surface area contributed by atoms with Gasteiger partial charge in [0.1, 0.15) is 11.9 Å². The third kappa shape index (κ3) is 5.28. The highest BCUT2D eigenvalue weighted by molar-refractivity contribution is 9.10. The highest BCUT2D eigenvalue weighted by atomic mass is 79.9. The molecule has 192 valence electrons. The van der Waals surface area contributed by atoms with Crippen molar-refractivity contribution < 1.29 is 13.2 Å². The molecule has 36 heavy (non-hydrogen) atoms. The van der Waals surface area contributed by atoms with Crippen LogP contribution in [0.5, 0.6) is 0 Å². The van der Waals surface area contributed by atoms with Gasteiger partial charge >= 0.3 is 0 Å². The fourth-order valence-corrected chi connectivity index (χ4v) is 6.37. The zero-order valence-corrected chi connectivity index (χ0v) is 22.9. The van der Waals surface area contributed by atoms with Gasteiger partial charge in [-0.3, -0.25) is 4.79 Å². The number of imidazole rings is 1. The summed E-state index contributed by atoms with van der Waals surface area (Å²) >= 11 is 3.48. The van der Waals surface area contributed by atoms with Gasteiger partial charge < -0.3 is 9.80 Å². The maximum absolute atomic E-state index is 13.9. The number of nitrogens with one attached hydrogen (secondary N) is 1. The number of rotatable bonds is 6. The molecule has 0 aliphatic carbocycles. The van der Waals surface area contributed by atoms with Crippen LogP contribution in [0.4, 0.5) is 5.82 Å². The fourth-order valence-electron chi connectivity index (χ4n) is 5.20. The molecule has 2 aromatic heterocycles. The minimum Gasteiger partial charge on any atom is -0.355 e. The highest BCUT2D eigenvalue weighted by Crippen LogP contribution is 2.34. The molecule has 2 aliphatic rings. The van der Waals surface area contributed by atoms with Crippen molar-refractivity contribution in [2.24, 2.45) is 5.92 Å². The van der Waals surface area contributed by atoms with E-state index >= 15 is 0 Å². The summed E-state index contributed by atoms with van der Waals surface area (Å²) in [6.07, 6.45) is 6.72. The first-order valence-corrected chi connectivity index (χ1v) is 15.0. The van der Waals surface area contributed by atoms with E-state index in [1.807, 2.05) is 24.4 Å². The minimum absolute atomic E-state index is 0.255. The normalized spacial score (nSPS) is 21.8. The van der Waals surface area contributed by atoms with Crippen LogP contribution in [0.25, 0.3) is 5.65 Å². The Hall–Kier alpha value is -2.50. The van der Waals surface area contributed by atoms with Crippen LogP contribution in [-0.2, 0) is 14.8 Å². The third-order valence-electron chi connectivity index (χ3n) is 6.99. The summed E-state index contributed by atoms with van der Waals surface area (Å²) in [7, 11) is -3.64. The van der Waals surface area contributed by atoms with Gasteiger partial charge in [0, 0.05) is 24.1 Å². The van der Waals surface area contributed by atoms with Crippen molar-refractivity contribution in [1.82, 2.24) is 24.2 Å². The zero-order chi connectivity index (χ0) is 25.4. The van der Waals surface area contributed by atoms with Crippen molar-refractivity contribution in [3.05, 3.63) is 58.3 Å². The molecular formula is C25H31BrN6O3S. The van der Waals surface area contributed by atoms with Crippen LogP contribution in [0.15, 0.2) is 47.1 Å². The predicted octanol–water partition coefficient (Wildman–Crippen LogP) is 3.68. The van der Waals surface area contributed by atoms with Gasteiger partial charge in [-0.05, 0) is 55.4 Å². The molecule has 1 N–H and O–H groups in total. The predicted molar refractivity (Wildman–Crippen MR) is 142 cm³/mol. The lowest BCUT2D eigenvalue weighted by molar-refractivity contribution is -0.137. The SMILES string of the molecule is C[C@H]1CCN(c2ccc3nc([C@@H]4CCCCN4C(=O)C(NS(C)(=O)=O)c4ccccc4Br)cn3n2)C1. The standard InChI is InChI=1S/C25H31BrN6O3S/c1-17-12-14-30(15-17)23-11-10-22-27-20(16-32(22)28-23)21-9-5-6-13-31(21)25(33)24(29-36(2,34)35)18-7-3-4-8-19(18)26/h3-4,7-8,10-11,16-17,21,24,29H,5-6,9,12-15H2,1-2H3/t17-,21-,24?/m0/s1. The number of hydrogen-bond acceptors (Lipinski definition) is 6. The Bertz CT molecular complexity index is 1380. The topological polar surface area (TPSA) is 99.9 Å². The molecule has 0 spiro atoms. The van der Waals surface area contributed by atoms with E-state index in [1.165, 1.54) is 0 Å². The largest absolute Gasteiger partial charge is 0.355 e. The number of sulfonamides is 1. The lowest BCUT2D eigenvalue weighted by Crippen LogP contribution is -2.46. The molecule has 1 unspecified atom stereocenters. The second kappa shape index (κ2) is 10.1. The van der Waals surface area contributed by atoms with Crippen LogP contribution in [0.1, 0.15) is 55.9 Å². The second-order valence-corrected chi connectivity index (χ2v) is 12.5.